The minimum Gasteiger partial charge on any atom is -0.353 e. The van der Waals surface area contributed by atoms with E-state index in [0.717, 1.165) is 56.6 Å². The van der Waals surface area contributed by atoms with Crippen molar-refractivity contribution in [2.24, 2.45) is 11.8 Å². The molecule has 3 saturated heterocycles. The third-order valence-electron chi connectivity index (χ3n) is 7.12. The molecule has 6 heteroatoms. The van der Waals surface area contributed by atoms with Crippen LogP contribution in [0.2, 0.25) is 0 Å². The smallest absolute Gasteiger partial charge is 0.224 e. The van der Waals surface area contributed by atoms with Gasteiger partial charge in [0.25, 0.3) is 0 Å². The van der Waals surface area contributed by atoms with Crippen LogP contribution in [0.15, 0.2) is 30.5 Å². The van der Waals surface area contributed by atoms with E-state index < -0.39 is 0 Å². The predicted molar refractivity (Wildman–Crippen MR) is 117 cm³/mol. The summed E-state index contributed by atoms with van der Waals surface area (Å²) >= 11 is 0. The molecule has 0 radical (unpaired) electrons. The van der Waals surface area contributed by atoms with Gasteiger partial charge in [0.1, 0.15) is 5.69 Å². The molecule has 2 bridgehead atoms. The average Bonchev–Trinajstić information content (AvgIpc) is 3.42. The number of benzene rings is 1. The highest BCUT2D eigenvalue weighted by Crippen LogP contribution is 2.37. The van der Waals surface area contributed by atoms with Crippen LogP contribution in [0.5, 0.6) is 0 Å². The number of hydrogen-bond donors (Lipinski definition) is 1. The minimum absolute atomic E-state index is 0.151. The van der Waals surface area contributed by atoms with Crippen LogP contribution in [-0.2, 0) is 16.8 Å². The Hall–Kier alpha value is -2.21. The van der Waals surface area contributed by atoms with Crippen molar-refractivity contribution in [2.45, 2.75) is 70.5 Å². The average molecular weight is 408 g/mol. The van der Waals surface area contributed by atoms with E-state index in [-0.39, 0.29) is 17.2 Å². The summed E-state index contributed by atoms with van der Waals surface area (Å²) in [5.74, 6) is 0.960. The SMILES string of the molecule is CC(C)(C)c1ccc(-c2cn(C[C@H]3C[C@@H]4CCN3C[C@@H]4C(=O)NC3CC3)nn2)cc1. The summed E-state index contributed by atoms with van der Waals surface area (Å²) < 4.78 is 1.98. The lowest BCUT2D eigenvalue weighted by molar-refractivity contribution is -0.133. The summed E-state index contributed by atoms with van der Waals surface area (Å²) in [6.45, 7) is 9.52. The molecule has 1 N–H and O–H groups in total. The van der Waals surface area contributed by atoms with Gasteiger partial charge in [0, 0.05) is 24.2 Å². The summed E-state index contributed by atoms with van der Waals surface area (Å²) in [5, 5.41) is 12.0. The predicted octanol–water partition coefficient (Wildman–Crippen LogP) is 3.23. The summed E-state index contributed by atoms with van der Waals surface area (Å²) in [6.07, 6.45) is 6.60. The van der Waals surface area contributed by atoms with Gasteiger partial charge in [0.2, 0.25) is 5.91 Å². The third-order valence-corrected chi connectivity index (χ3v) is 7.12. The van der Waals surface area contributed by atoms with Crippen LogP contribution >= 0.6 is 0 Å². The number of fused-ring (bicyclic) bond motifs is 3. The van der Waals surface area contributed by atoms with Crippen LogP contribution in [0, 0.1) is 11.8 Å². The van der Waals surface area contributed by atoms with Gasteiger partial charge < -0.3 is 5.32 Å². The molecule has 4 heterocycles. The topological polar surface area (TPSA) is 63.1 Å². The van der Waals surface area contributed by atoms with Crippen LogP contribution in [0.25, 0.3) is 11.3 Å². The number of nitrogens with zero attached hydrogens (tertiary/aromatic N) is 4. The van der Waals surface area contributed by atoms with Crippen molar-refractivity contribution in [3.8, 4) is 11.3 Å². The summed E-state index contributed by atoms with van der Waals surface area (Å²) in [5.41, 5.74) is 3.51. The van der Waals surface area contributed by atoms with Crippen molar-refractivity contribution in [2.75, 3.05) is 13.1 Å². The van der Waals surface area contributed by atoms with E-state index in [4.69, 9.17) is 0 Å². The van der Waals surface area contributed by atoms with E-state index in [2.05, 4.69) is 71.8 Å². The highest BCUT2D eigenvalue weighted by Gasteiger charge is 2.44. The Morgan fingerprint density at radius 2 is 1.93 bits per heavy atom. The van der Waals surface area contributed by atoms with Crippen LogP contribution in [0.4, 0.5) is 0 Å². The quantitative estimate of drug-likeness (QED) is 0.827. The van der Waals surface area contributed by atoms with E-state index in [1.165, 1.54) is 5.56 Å². The van der Waals surface area contributed by atoms with Gasteiger partial charge in [-0.1, -0.05) is 50.3 Å². The first-order valence-electron chi connectivity index (χ1n) is 11.4. The van der Waals surface area contributed by atoms with Crippen molar-refractivity contribution >= 4 is 5.91 Å². The summed E-state index contributed by atoms with van der Waals surface area (Å²) in [6, 6.07) is 9.56. The molecule has 2 aromatic rings. The molecule has 1 amide bonds. The van der Waals surface area contributed by atoms with Crippen molar-refractivity contribution < 1.29 is 4.79 Å². The number of rotatable bonds is 5. The van der Waals surface area contributed by atoms with Crippen LogP contribution in [0.3, 0.4) is 0 Å². The first kappa shape index (κ1) is 19.7. The Bertz CT molecular complexity index is 908. The lowest BCUT2D eigenvalue weighted by Crippen LogP contribution is -2.58. The molecule has 6 nitrogen and oxygen atoms in total. The zero-order chi connectivity index (χ0) is 20.9. The maximum absolute atomic E-state index is 12.6. The Morgan fingerprint density at radius 1 is 1.17 bits per heavy atom. The molecule has 1 aliphatic carbocycles. The Balaban J connectivity index is 1.22. The number of nitrogens with one attached hydrogen (secondary N) is 1. The van der Waals surface area contributed by atoms with E-state index in [1.54, 1.807) is 0 Å². The Kier molecular flexibility index (Phi) is 4.92. The normalized spacial score (nSPS) is 28.5. The van der Waals surface area contributed by atoms with Crippen LogP contribution in [0.1, 0.15) is 52.0 Å². The van der Waals surface area contributed by atoms with Gasteiger partial charge in [-0.05, 0) is 49.1 Å². The largest absolute Gasteiger partial charge is 0.353 e. The number of piperidine rings is 3. The van der Waals surface area contributed by atoms with E-state index in [1.807, 2.05) is 4.68 Å². The lowest BCUT2D eigenvalue weighted by atomic mass is 9.75. The fraction of sp³-hybridized carbons (Fsp3) is 0.625. The highest BCUT2D eigenvalue weighted by atomic mass is 16.2. The molecule has 4 atom stereocenters. The van der Waals surface area contributed by atoms with Gasteiger partial charge in [-0.3, -0.25) is 14.4 Å². The minimum atomic E-state index is 0.151. The number of carbonyl (C=O) groups is 1. The number of aromatic nitrogens is 3. The first-order chi connectivity index (χ1) is 14.4. The lowest BCUT2D eigenvalue weighted by Gasteiger charge is -2.49. The summed E-state index contributed by atoms with van der Waals surface area (Å²) in [4.78, 5) is 15.1. The van der Waals surface area contributed by atoms with Gasteiger partial charge in [-0.2, -0.15) is 0 Å². The zero-order valence-corrected chi connectivity index (χ0v) is 18.3. The highest BCUT2D eigenvalue weighted by molar-refractivity contribution is 5.80. The molecular weight excluding hydrogens is 374 g/mol. The van der Waals surface area contributed by atoms with Crippen molar-refractivity contribution in [3.63, 3.8) is 0 Å². The molecule has 1 aromatic heterocycles. The molecule has 3 aliphatic heterocycles. The van der Waals surface area contributed by atoms with Gasteiger partial charge in [-0.15, -0.1) is 5.10 Å². The molecule has 1 saturated carbocycles. The fourth-order valence-electron chi connectivity index (χ4n) is 5.04. The molecule has 1 aromatic carbocycles. The number of hydrogen-bond acceptors (Lipinski definition) is 4. The number of amides is 1. The van der Waals surface area contributed by atoms with Crippen LogP contribution < -0.4 is 5.32 Å². The second-order valence-corrected chi connectivity index (χ2v) is 10.5. The third kappa shape index (κ3) is 4.02. The van der Waals surface area contributed by atoms with Crippen molar-refractivity contribution in [1.82, 2.24) is 25.2 Å². The molecule has 160 valence electrons. The second kappa shape index (κ2) is 7.49. The Labute approximate surface area is 179 Å². The van der Waals surface area contributed by atoms with E-state index in [0.29, 0.717) is 18.0 Å². The molecule has 6 rings (SSSR count). The molecule has 4 fully saturated rings. The molecule has 0 spiro atoms. The molecule has 1 unspecified atom stereocenters. The monoisotopic (exact) mass is 407 g/mol. The van der Waals surface area contributed by atoms with Gasteiger partial charge >= 0.3 is 0 Å². The zero-order valence-electron chi connectivity index (χ0n) is 18.3. The second-order valence-electron chi connectivity index (χ2n) is 10.5. The maximum atomic E-state index is 12.6. The van der Waals surface area contributed by atoms with Gasteiger partial charge in [0.05, 0.1) is 18.7 Å². The molecular formula is C24H33N5O. The molecule has 30 heavy (non-hydrogen) atoms. The first-order valence-corrected chi connectivity index (χ1v) is 11.4. The summed E-state index contributed by atoms with van der Waals surface area (Å²) in [7, 11) is 0. The van der Waals surface area contributed by atoms with Crippen molar-refractivity contribution in [1.29, 1.82) is 0 Å². The van der Waals surface area contributed by atoms with E-state index in [9.17, 15) is 4.79 Å². The van der Waals surface area contributed by atoms with E-state index >= 15 is 0 Å². The van der Waals surface area contributed by atoms with Gasteiger partial charge in [0.15, 0.2) is 0 Å². The van der Waals surface area contributed by atoms with Crippen LogP contribution in [-0.4, -0.2) is 51.0 Å². The number of carbonyl (C=O) groups excluding carboxylic acids is 1. The Morgan fingerprint density at radius 3 is 2.57 bits per heavy atom. The van der Waals surface area contributed by atoms with Crippen molar-refractivity contribution in [3.05, 3.63) is 36.0 Å². The maximum Gasteiger partial charge on any atom is 0.224 e. The standard InChI is InChI=1S/C24H33N5O/c1-24(2,3)18-6-4-16(5-7-18)22-15-29(27-26-22)13-20-12-17-10-11-28(20)14-21(17)23(30)25-19-8-9-19/h4-7,15,17,19-21H,8-14H2,1-3H3,(H,25,30)/t17-,20+,21-/m0/s1. The fourth-order valence-corrected chi connectivity index (χ4v) is 5.04. The van der Waals surface area contributed by atoms with Gasteiger partial charge in [-0.25, -0.2) is 0 Å². The molecule has 4 aliphatic rings.